The highest BCUT2D eigenvalue weighted by Gasteiger charge is 2.51. The predicted octanol–water partition coefficient (Wildman–Crippen LogP) is 9.09. The van der Waals surface area contributed by atoms with Crippen molar-refractivity contribution in [2.45, 2.75) is 67.3 Å². The van der Waals surface area contributed by atoms with E-state index < -0.39 is 66.1 Å². The molecule has 0 bridgehead atoms. The zero-order valence-corrected chi connectivity index (χ0v) is 39.1. The van der Waals surface area contributed by atoms with E-state index in [4.69, 9.17) is 0 Å². The lowest BCUT2D eigenvalue weighted by Gasteiger charge is -2.26. The van der Waals surface area contributed by atoms with Crippen LogP contribution in [0, 0.1) is 30.3 Å². The molecule has 0 saturated heterocycles. The molecule has 0 saturated carbocycles. The number of nitro benzene ring substituents is 3. The number of fused-ring (bicyclic) bond motifs is 3. The number of rotatable bonds is 13. The van der Waals surface area contributed by atoms with Crippen molar-refractivity contribution in [3.8, 4) is 0 Å². The van der Waals surface area contributed by atoms with E-state index in [1.54, 1.807) is 24.4 Å². The van der Waals surface area contributed by atoms with Gasteiger partial charge in [-0.2, -0.15) is 13.2 Å². The summed E-state index contributed by atoms with van der Waals surface area (Å²) >= 11 is 0. The highest BCUT2D eigenvalue weighted by molar-refractivity contribution is 6.06. The maximum atomic E-state index is 12.9. The Labute approximate surface area is 440 Å². The number of benzene rings is 4. The van der Waals surface area contributed by atoms with Crippen LogP contribution in [-0.2, 0) is 12.1 Å². The number of aromatic amines is 3. The second-order valence-electron chi connectivity index (χ2n) is 16.2. The molecule has 1 unspecified atom stereocenters. The molecule has 0 fully saturated rings. The predicted molar refractivity (Wildman–Crippen MR) is 287 cm³/mol. The van der Waals surface area contributed by atoms with Gasteiger partial charge < -0.3 is 36.0 Å². The van der Waals surface area contributed by atoms with Gasteiger partial charge in [-0.25, -0.2) is 0 Å². The van der Waals surface area contributed by atoms with Crippen molar-refractivity contribution >= 4 is 73.2 Å². The average molecular weight is 1080 g/mol. The molecular formula is C52H53F3N10O13. The van der Waals surface area contributed by atoms with E-state index in [1.807, 2.05) is 6.92 Å². The largest absolute Gasteiger partial charge is 0.421 e. The van der Waals surface area contributed by atoms with Gasteiger partial charge in [0.2, 0.25) is 16.3 Å². The quantitative estimate of drug-likeness (QED) is 0.0322. The van der Waals surface area contributed by atoms with Gasteiger partial charge in [-0.3, -0.25) is 64.1 Å². The summed E-state index contributed by atoms with van der Waals surface area (Å²) in [5, 5.41) is 50.4. The minimum absolute atomic E-state index is 0. The van der Waals surface area contributed by atoms with Gasteiger partial charge in [0.05, 0.1) is 43.2 Å². The molecule has 0 aliphatic heterocycles. The van der Waals surface area contributed by atoms with Crippen LogP contribution < -0.4 is 32.2 Å². The number of para-hydroxylation sites is 3. The highest BCUT2D eigenvalue weighted by atomic mass is 19.4. The number of aliphatic hydroxyl groups is 1. The number of anilines is 1. The number of halogens is 3. The van der Waals surface area contributed by atoms with Crippen LogP contribution in [0.4, 0.5) is 35.9 Å². The third-order valence-electron chi connectivity index (χ3n) is 11.2. The van der Waals surface area contributed by atoms with Crippen LogP contribution in [0.5, 0.6) is 0 Å². The molecule has 78 heavy (non-hydrogen) atoms. The van der Waals surface area contributed by atoms with Crippen LogP contribution in [0.15, 0.2) is 136 Å². The molecule has 0 aliphatic rings. The zero-order chi connectivity index (χ0) is 54.8. The Hall–Kier alpha value is -9.98. The van der Waals surface area contributed by atoms with E-state index in [9.17, 15) is 77.4 Å². The smallest absolute Gasteiger partial charge is 0.376 e. The number of unbranched alkanes of at least 4 members (excludes halogenated alkanes) is 1. The molecule has 0 spiro atoms. The number of pyridine rings is 4. The summed E-state index contributed by atoms with van der Waals surface area (Å²) in [7, 11) is 0. The summed E-state index contributed by atoms with van der Waals surface area (Å²) in [6, 6.07) is 21.7. The molecule has 1 atom stereocenters. The number of nitrogens with one attached hydrogen (secondary N) is 6. The Morgan fingerprint density at radius 3 is 1.38 bits per heavy atom. The molecule has 8 aromatic rings. The monoisotopic (exact) mass is 1080 g/mol. The van der Waals surface area contributed by atoms with Crippen LogP contribution in [0.3, 0.4) is 0 Å². The van der Waals surface area contributed by atoms with E-state index in [2.05, 4.69) is 35.9 Å². The lowest BCUT2D eigenvalue weighted by Crippen LogP contribution is -2.39. The van der Waals surface area contributed by atoms with Crippen LogP contribution in [0.1, 0.15) is 91.3 Å². The fraction of sp³-hybridized carbons (Fsp3) is 0.212. The zero-order valence-electron chi connectivity index (χ0n) is 39.1. The Kier molecular flexibility index (Phi) is 21.2. The number of hydrogen-bond acceptors (Lipinski definition) is 14. The summed E-state index contributed by atoms with van der Waals surface area (Å²) in [4.78, 5) is 117. The fourth-order valence-electron chi connectivity index (χ4n) is 7.15. The van der Waals surface area contributed by atoms with Crippen molar-refractivity contribution in [2.24, 2.45) is 0 Å². The van der Waals surface area contributed by atoms with Crippen LogP contribution in [0.25, 0.3) is 32.7 Å². The standard InChI is InChI=1S/C19H14F3N3O5.C16H12N4O4.C14H15N3O4.3CH4/c1-18(28,19(20,21)22)10-5-7-11(8-6-10)24-17(27)13-9-23-15-12(16(13)26)3-2-4-14(15)25(29)30;21-15-11-5-3-6-13(20(23)24)14(11)18-9-12(15)16(22)19-8-10-4-1-2-7-17-10;1-2-3-7-15-14(19)10-8-16-12-9(13(10)18)5-4-6-11(12)17(20)21;;;/h2-9,28H,1H3,(H,23,26)(H,24,27);1-7,9H,8H2,(H,18,21)(H,19,22);4-6,8H,2-3,7H2,1H3,(H,15,19)(H,16,18);3*1H4. The van der Waals surface area contributed by atoms with Gasteiger partial charge in [0.1, 0.15) is 33.2 Å². The number of non-ortho nitro benzene ring substituents is 3. The topological polar surface area (TPSA) is 348 Å². The summed E-state index contributed by atoms with van der Waals surface area (Å²) in [5.74, 6) is -1.91. The molecule has 8 rings (SSSR count). The number of nitrogens with zero attached hydrogens (tertiary/aromatic N) is 4. The highest BCUT2D eigenvalue weighted by Crippen LogP contribution is 2.38. The van der Waals surface area contributed by atoms with Crippen molar-refractivity contribution in [1.82, 2.24) is 30.6 Å². The first kappa shape index (κ1) is 62.3. The molecule has 4 aromatic heterocycles. The first-order valence-corrected chi connectivity index (χ1v) is 22.1. The first-order chi connectivity index (χ1) is 35.6. The fourth-order valence-corrected chi connectivity index (χ4v) is 7.15. The molecule has 410 valence electrons. The summed E-state index contributed by atoms with van der Waals surface area (Å²) in [6.45, 7) is 3.26. The molecule has 0 radical (unpaired) electrons. The number of aromatic nitrogens is 4. The number of amides is 3. The Morgan fingerprint density at radius 2 is 1.01 bits per heavy atom. The van der Waals surface area contributed by atoms with Crippen LogP contribution in [-0.4, -0.2) is 70.3 Å². The van der Waals surface area contributed by atoms with Gasteiger partial charge in [-0.15, -0.1) is 0 Å². The van der Waals surface area contributed by atoms with Gasteiger partial charge in [0.15, 0.2) is 5.60 Å². The third-order valence-corrected chi connectivity index (χ3v) is 11.2. The molecule has 26 heteroatoms. The Bertz CT molecular complexity index is 3700. The van der Waals surface area contributed by atoms with Gasteiger partial charge in [0.25, 0.3) is 34.8 Å². The molecule has 3 amide bonds. The van der Waals surface area contributed by atoms with E-state index in [-0.39, 0.29) is 101 Å². The van der Waals surface area contributed by atoms with E-state index >= 15 is 0 Å². The number of alkyl halides is 3. The van der Waals surface area contributed by atoms with Crippen molar-refractivity contribution in [1.29, 1.82) is 0 Å². The molecule has 23 nitrogen and oxygen atoms in total. The lowest BCUT2D eigenvalue weighted by molar-refractivity contribution is -0.383. The van der Waals surface area contributed by atoms with Gasteiger partial charge in [-0.05, 0) is 61.4 Å². The number of H-pyrrole nitrogens is 3. The van der Waals surface area contributed by atoms with E-state index in [0.29, 0.717) is 19.2 Å². The number of nitro groups is 3. The summed E-state index contributed by atoms with van der Waals surface area (Å²) < 4.78 is 38.7. The van der Waals surface area contributed by atoms with Gasteiger partial charge in [0, 0.05) is 55.2 Å². The number of carbonyl (C=O) groups is 3. The second kappa shape index (κ2) is 26.5. The second-order valence-corrected chi connectivity index (χ2v) is 16.2. The van der Waals surface area contributed by atoms with Crippen molar-refractivity contribution in [3.05, 3.63) is 211 Å². The maximum Gasteiger partial charge on any atom is 0.421 e. The Morgan fingerprint density at radius 1 is 0.603 bits per heavy atom. The number of hydrogen-bond donors (Lipinski definition) is 7. The van der Waals surface area contributed by atoms with Crippen LogP contribution >= 0.6 is 0 Å². The SMILES string of the molecule is C.C.C.CC(O)(c1ccc(NC(=O)c2c[nH]c3c([N+](=O)[O-])cccc3c2=O)cc1)C(F)(F)F.CCCCNC(=O)c1c[nH]c2c([N+](=O)[O-])cccc2c1=O.O=C(NCc1ccccn1)c1c[nH]c2c([N+](=O)[O-])cccc2c1=O. The molecule has 0 aliphatic carbocycles. The van der Waals surface area contributed by atoms with E-state index in [0.717, 1.165) is 43.3 Å². The van der Waals surface area contributed by atoms with Gasteiger partial charge in [-0.1, -0.05) is 72.0 Å². The van der Waals surface area contributed by atoms with Crippen molar-refractivity contribution < 1.29 is 47.4 Å². The normalized spacial score (nSPS) is 11.3. The molecule has 7 N–H and O–H groups in total. The maximum absolute atomic E-state index is 12.9. The van der Waals surface area contributed by atoms with Crippen LogP contribution in [0.2, 0.25) is 0 Å². The lowest BCUT2D eigenvalue weighted by atomic mass is 9.95. The molecule has 4 aromatic carbocycles. The van der Waals surface area contributed by atoms with E-state index in [1.165, 1.54) is 67.0 Å². The third kappa shape index (κ3) is 13.8. The van der Waals surface area contributed by atoms with Gasteiger partial charge >= 0.3 is 6.18 Å². The minimum Gasteiger partial charge on any atom is -0.376 e. The number of carbonyl (C=O) groups excluding carboxylic acids is 3. The molecular weight excluding hydrogens is 1030 g/mol. The minimum atomic E-state index is -4.89. The Balaban J connectivity index is 0.000000307. The summed E-state index contributed by atoms with van der Waals surface area (Å²) in [5.41, 5.74) is -5.64. The molecule has 4 heterocycles. The summed E-state index contributed by atoms with van der Waals surface area (Å²) in [6.07, 6.45) is 1.89. The first-order valence-electron chi connectivity index (χ1n) is 22.1. The van der Waals surface area contributed by atoms with Crippen molar-refractivity contribution in [2.75, 3.05) is 11.9 Å². The van der Waals surface area contributed by atoms with Crippen molar-refractivity contribution in [3.63, 3.8) is 0 Å². The average Bonchev–Trinajstić information content (AvgIpc) is 3.41.